The van der Waals surface area contributed by atoms with Crippen molar-refractivity contribution in [2.24, 2.45) is 17.6 Å². The molecule has 0 aliphatic heterocycles. The van der Waals surface area contributed by atoms with Gasteiger partial charge < -0.3 is 5.73 Å². The molecule has 2 N–H and O–H groups in total. The zero-order chi connectivity index (χ0) is 10.6. The van der Waals surface area contributed by atoms with Gasteiger partial charge in [-0.2, -0.15) is 0 Å². The number of hydrogen-bond acceptors (Lipinski definition) is 3. The summed E-state index contributed by atoms with van der Waals surface area (Å²) in [5.74, 6) is 1.17. The van der Waals surface area contributed by atoms with E-state index in [9.17, 15) is 8.42 Å². The molecular formula is C10H21NO2S. The van der Waals surface area contributed by atoms with Gasteiger partial charge >= 0.3 is 0 Å². The third-order valence-electron chi connectivity index (χ3n) is 2.91. The lowest BCUT2D eigenvalue weighted by atomic mass is 10.1. The van der Waals surface area contributed by atoms with Gasteiger partial charge in [-0.3, -0.25) is 0 Å². The van der Waals surface area contributed by atoms with Gasteiger partial charge in [0.15, 0.2) is 9.84 Å². The number of rotatable bonds is 5. The molecule has 1 aliphatic carbocycles. The van der Waals surface area contributed by atoms with Crippen LogP contribution in [0.3, 0.4) is 0 Å². The smallest absolute Gasteiger partial charge is 0.150 e. The molecule has 0 spiro atoms. The Morgan fingerprint density at radius 2 is 1.93 bits per heavy atom. The lowest BCUT2D eigenvalue weighted by molar-refractivity contribution is 0.545. The van der Waals surface area contributed by atoms with E-state index in [0.717, 1.165) is 12.8 Å². The Hall–Kier alpha value is -0.0900. The topological polar surface area (TPSA) is 60.2 Å². The van der Waals surface area contributed by atoms with Gasteiger partial charge in [-0.05, 0) is 31.2 Å². The highest BCUT2D eigenvalue weighted by Crippen LogP contribution is 2.26. The van der Waals surface area contributed by atoms with E-state index in [2.05, 4.69) is 0 Å². The monoisotopic (exact) mass is 219 g/mol. The van der Waals surface area contributed by atoms with Gasteiger partial charge in [-0.1, -0.05) is 19.8 Å². The minimum absolute atomic E-state index is 0.0985. The van der Waals surface area contributed by atoms with Crippen LogP contribution in [0.1, 0.15) is 32.6 Å². The first-order chi connectivity index (χ1) is 6.53. The maximum Gasteiger partial charge on any atom is 0.150 e. The summed E-state index contributed by atoms with van der Waals surface area (Å²) in [7, 11) is -2.86. The van der Waals surface area contributed by atoms with Crippen LogP contribution >= 0.6 is 0 Å². The van der Waals surface area contributed by atoms with Crippen molar-refractivity contribution in [3.63, 3.8) is 0 Å². The molecule has 0 aromatic carbocycles. The van der Waals surface area contributed by atoms with Gasteiger partial charge in [0.2, 0.25) is 0 Å². The Balaban J connectivity index is 2.40. The van der Waals surface area contributed by atoms with E-state index >= 15 is 0 Å². The number of hydrogen-bond donors (Lipinski definition) is 1. The Kier molecular flexibility index (Phi) is 4.38. The van der Waals surface area contributed by atoms with Crippen LogP contribution in [0.2, 0.25) is 0 Å². The summed E-state index contributed by atoms with van der Waals surface area (Å²) in [6.45, 7) is 2.36. The van der Waals surface area contributed by atoms with Gasteiger partial charge in [0.25, 0.3) is 0 Å². The Labute approximate surface area is 87.0 Å². The molecule has 1 aliphatic rings. The van der Waals surface area contributed by atoms with Crippen LogP contribution in [0.5, 0.6) is 0 Å². The molecule has 4 heteroatoms. The first-order valence-corrected chi connectivity index (χ1v) is 7.26. The fourth-order valence-corrected chi connectivity index (χ4v) is 4.30. The molecule has 0 amide bonds. The second-order valence-corrected chi connectivity index (χ2v) is 6.72. The summed E-state index contributed by atoms with van der Waals surface area (Å²) in [5.41, 5.74) is 5.42. The highest BCUT2D eigenvalue weighted by molar-refractivity contribution is 7.91. The van der Waals surface area contributed by atoms with Gasteiger partial charge in [-0.25, -0.2) is 8.42 Å². The van der Waals surface area contributed by atoms with E-state index in [0.29, 0.717) is 18.2 Å². The van der Waals surface area contributed by atoms with Gasteiger partial charge in [0.05, 0.1) is 11.5 Å². The normalized spacial score (nSPS) is 21.3. The zero-order valence-electron chi connectivity index (χ0n) is 8.91. The SMILES string of the molecule is CC(CN)CS(=O)(=O)CC1CCCC1. The summed E-state index contributed by atoms with van der Waals surface area (Å²) >= 11 is 0. The van der Waals surface area contributed by atoms with Crippen molar-refractivity contribution < 1.29 is 8.42 Å². The van der Waals surface area contributed by atoms with Crippen LogP contribution in [0.25, 0.3) is 0 Å². The second kappa shape index (κ2) is 5.12. The van der Waals surface area contributed by atoms with Crippen molar-refractivity contribution in [1.29, 1.82) is 0 Å². The molecule has 0 aromatic heterocycles. The van der Waals surface area contributed by atoms with Crippen LogP contribution in [0, 0.1) is 11.8 Å². The van der Waals surface area contributed by atoms with E-state index in [1.807, 2.05) is 6.92 Å². The van der Waals surface area contributed by atoms with Gasteiger partial charge in [-0.15, -0.1) is 0 Å². The number of nitrogens with two attached hydrogens (primary N) is 1. The Morgan fingerprint density at radius 3 is 2.43 bits per heavy atom. The van der Waals surface area contributed by atoms with Crippen LogP contribution in [-0.2, 0) is 9.84 Å². The second-order valence-electron chi connectivity index (χ2n) is 4.57. The van der Waals surface area contributed by atoms with Crippen LogP contribution in [0.4, 0.5) is 0 Å². The molecule has 0 bridgehead atoms. The molecule has 84 valence electrons. The molecule has 14 heavy (non-hydrogen) atoms. The predicted molar refractivity (Wildman–Crippen MR) is 58.8 cm³/mol. The molecule has 0 radical (unpaired) electrons. The van der Waals surface area contributed by atoms with E-state index in [1.54, 1.807) is 0 Å². The molecular weight excluding hydrogens is 198 g/mol. The zero-order valence-corrected chi connectivity index (χ0v) is 9.72. The molecule has 1 atom stereocenters. The maximum atomic E-state index is 11.7. The highest BCUT2D eigenvalue weighted by Gasteiger charge is 2.23. The van der Waals surface area contributed by atoms with Crippen LogP contribution in [0.15, 0.2) is 0 Å². The molecule has 1 unspecified atom stereocenters. The molecule has 1 saturated carbocycles. The molecule has 1 fully saturated rings. The fraction of sp³-hybridized carbons (Fsp3) is 1.00. The lowest BCUT2D eigenvalue weighted by Crippen LogP contribution is -2.25. The fourth-order valence-electron chi connectivity index (χ4n) is 2.11. The summed E-state index contributed by atoms with van der Waals surface area (Å²) in [4.78, 5) is 0. The predicted octanol–water partition coefficient (Wildman–Crippen LogP) is 1.19. The first kappa shape index (κ1) is 12.0. The Morgan fingerprint density at radius 1 is 1.36 bits per heavy atom. The molecule has 0 saturated heterocycles. The van der Waals surface area contributed by atoms with E-state index in [1.165, 1.54) is 12.8 Å². The number of sulfone groups is 1. The van der Waals surface area contributed by atoms with Crippen molar-refractivity contribution in [3.05, 3.63) is 0 Å². The van der Waals surface area contributed by atoms with E-state index in [-0.39, 0.29) is 11.7 Å². The van der Waals surface area contributed by atoms with Crippen molar-refractivity contribution >= 4 is 9.84 Å². The minimum Gasteiger partial charge on any atom is -0.330 e. The summed E-state index contributed by atoms with van der Waals surface area (Å²) in [6.07, 6.45) is 4.59. The quantitative estimate of drug-likeness (QED) is 0.755. The maximum absolute atomic E-state index is 11.7. The van der Waals surface area contributed by atoms with Crippen molar-refractivity contribution in [3.8, 4) is 0 Å². The summed E-state index contributed by atoms with van der Waals surface area (Å²) < 4.78 is 23.4. The van der Waals surface area contributed by atoms with E-state index < -0.39 is 9.84 Å². The lowest BCUT2D eigenvalue weighted by Gasteiger charge is -2.12. The highest BCUT2D eigenvalue weighted by atomic mass is 32.2. The first-order valence-electron chi connectivity index (χ1n) is 5.44. The summed E-state index contributed by atoms with van der Waals surface area (Å²) in [5, 5.41) is 0. The average Bonchev–Trinajstić information content (AvgIpc) is 2.54. The van der Waals surface area contributed by atoms with Crippen molar-refractivity contribution in [2.75, 3.05) is 18.1 Å². The van der Waals surface area contributed by atoms with Gasteiger partial charge in [0, 0.05) is 0 Å². The summed E-state index contributed by atoms with van der Waals surface area (Å²) in [6, 6.07) is 0. The average molecular weight is 219 g/mol. The third-order valence-corrected chi connectivity index (χ3v) is 4.96. The van der Waals surface area contributed by atoms with E-state index in [4.69, 9.17) is 5.73 Å². The van der Waals surface area contributed by atoms with Crippen molar-refractivity contribution in [1.82, 2.24) is 0 Å². The standard InChI is InChI=1S/C10H21NO2S/c1-9(6-11)7-14(12,13)8-10-4-2-3-5-10/h9-10H,2-8,11H2,1H3. The molecule has 0 aromatic rings. The Bertz CT molecular complexity index is 255. The van der Waals surface area contributed by atoms with Gasteiger partial charge in [0.1, 0.15) is 0 Å². The molecule has 3 nitrogen and oxygen atoms in total. The van der Waals surface area contributed by atoms with Crippen LogP contribution in [-0.4, -0.2) is 26.5 Å². The van der Waals surface area contributed by atoms with Crippen molar-refractivity contribution in [2.45, 2.75) is 32.6 Å². The minimum atomic E-state index is -2.86. The largest absolute Gasteiger partial charge is 0.330 e. The molecule has 1 rings (SSSR count). The van der Waals surface area contributed by atoms with Crippen LogP contribution < -0.4 is 5.73 Å². The molecule has 0 heterocycles. The third kappa shape index (κ3) is 3.96.